The van der Waals surface area contributed by atoms with Crippen LogP contribution in [0.25, 0.3) is 0 Å². The van der Waals surface area contributed by atoms with E-state index < -0.39 is 11.9 Å². The van der Waals surface area contributed by atoms with Crippen molar-refractivity contribution >= 4 is 23.4 Å². The molecule has 5 N–H and O–H groups in total. The Bertz CT molecular complexity index is 1180. The number of rotatable bonds is 8. The number of hydrazine groups is 1. The number of benzene rings is 2. The summed E-state index contributed by atoms with van der Waals surface area (Å²) < 4.78 is 5.92. The molecular weight excluding hydrogens is 448 g/mol. The lowest BCUT2D eigenvalue weighted by Gasteiger charge is -2.29. The summed E-state index contributed by atoms with van der Waals surface area (Å²) >= 11 is 0. The van der Waals surface area contributed by atoms with Crippen LogP contribution in [0.15, 0.2) is 54.4 Å². The van der Waals surface area contributed by atoms with Crippen LogP contribution in [0, 0.1) is 0 Å². The molecule has 1 saturated heterocycles. The van der Waals surface area contributed by atoms with Crippen LogP contribution in [0.5, 0.6) is 5.75 Å². The molecule has 0 radical (unpaired) electrons. The zero-order valence-electron chi connectivity index (χ0n) is 19.9. The number of hydrogen-bond donors (Lipinski definition) is 3. The molecule has 10 nitrogen and oxygen atoms in total. The Morgan fingerprint density at radius 2 is 1.97 bits per heavy atom. The number of nitrogens with two attached hydrogens (primary N) is 2. The minimum atomic E-state index is -0.679. The van der Waals surface area contributed by atoms with Gasteiger partial charge in [-0.3, -0.25) is 19.7 Å². The van der Waals surface area contributed by atoms with Gasteiger partial charge < -0.3 is 25.3 Å². The molecule has 1 atom stereocenters. The van der Waals surface area contributed by atoms with E-state index in [0.29, 0.717) is 35.5 Å². The predicted molar refractivity (Wildman–Crippen MR) is 131 cm³/mol. The fourth-order valence-corrected chi connectivity index (χ4v) is 4.29. The predicted octanol–water partition coefficient (Wildman–Crippen LogP) is 1.07. The van der Waals surface area contributed by atoms with Crippen LogP contribution >= 0.6 is 0 Å². The fourth-order valence-electron chi connectivity index (χ4n) is 4.29. The van der Waals surface area contributed by atoms with Gasteiger partial charge in [-0.1, -0.05) is 18.2 Å². The highest BCUT2D eigenvalue weighted by atomic mass is 16.5. The highest BCUT2D eigenvalue weighted by molar-refractivity contribution is 6.05. The lowest BCUT2D eigenvalue weighted by atomic mass is 10.0. The molecule has 2 aliphatic rings. The average molecular weight is 479 g/mol. The van der Waals surface area contributed by atoms with Crippen molar-refractivity contribution < 1.29 is 19.1 Å². The summed E-state index contributed by atoms with van der Waals surface area (Å²) in [6.07, 6.45) is 2.13. The summed E-state index contributed by atoms with van der Waals surface area (Å²) in [5, 5.41) is 3.80. The Labute approximate surface area is 204 Å². The van der Waals surface area contributed by atoms with Gasteiger partial charge >= 0.3 is 0 Å². The van der Waals surface area contributed by atoms with Crippen molar-refractivity contribution in [3.8, 4) is 5.75 Å². The van der Waals surface area contributed by atoms with Gasteiger partial charge in [-0.25, -0.2) is 5.84 Å². The number of anilines is 1. The second kappa shape index (κ2) is 10.1. The SMILES string of the molecule is CN(C)c1cccc(CN(N)/C=C(\N)COc2cccc3c2CN(C2CCC(=O)NC2=O)C3=O)c1. The van der Waals surface area contributed by atoms with Gasteiger partial charge in [-0.15, -0.1) is 0 Å². The highest BCUT2D eigenvalue weighted by Gasteiger charge is 2.40. The summed E-state index contributed by atoms with van der Waals surface area (Å²) in [6, 6.07) is 12.6. The quantitative estimate of drug-likeness (QED) is 0.291. The van der Waals surface area contributed by atoms with E-state index >= 15 is 0 Å². The zero-order chi connectivity index (χ0) is 25.1. The van der Waals surface area contributed by atoms with Crippen molar-refractivity contribution in [3.63, 3.8) is 0 Å². The Balaban J connectivity index is 1.39. The van der Waals surface area contributed by atoms with Gasteiger partial charge in [0.15, 0.2) is 0 Å². The molecule has 2 aromatic rings. The Morgan fingerprint density at radius 3 is 2.71 bits per heavy atom. The number of imide groups is 1. The molecule has 10 heteroatoms. The molecule has 0 saturated carbocycles. The average Bonchev–Trinajstić information content (AvgIpc) is 3.14. The van der Waals surface area contributed by atoms with Crippen LogP contribution in [0.3, 0.4) is 0 Å². The fraction of sp³-hybridized carbons (Fsp3) is 0.320. The van der Waals surface area contributed by atoms with E-state index in [2.05, 4.69) is 11.4 Å². The zero-order valence-corrected chi connectivity index (χ0v) is 19.9. The number of carbonyl (C=O) groups is 3. The molecule has 2 aliphatic heterocycles. The van der Waals surface area contributed by atoms with Crippen molar-refractivity contribution in [1.29, 1.82) is 0 Å². The van der Waals surface area contributed by atoms with Crippen LogP contribution < -0.4 is 26.5 Å². The third kappa shape index (κ3) is 5.38. The van der Waals surface area contributed by atoms with E-state index in [0.717, 1.165) is 11.3 Å². The lowest BCUT2D eigenvalue weighted by molar-refractivity contribution is -0.136. The Morgan fingerprint density at radius 1 is 1.20 bits per heavy atom. The van der Waals surface area contributed by atoms with Gasteiger partial charge in [0.1, 0.15) is 18.4 Å². The molecule has 0 aliphatic carbocycles. The first kappa shape index (κ1) is 24.1. The van der Waals surface area contributed by atoms with E-state index in [9.17, 15) is 14.4 Å². The molecule has 3 amide bonds. The minimum Gasteiger partial charge on any atom is -0.487 e. The molecule has 0 bridgehead atoms. The minimum absolute atomic E-state index is 0.0779. The molecule has 35 heavy (non-hydrogen) atoms. The van der Waals surface area contributed by atoms with Crippen LogP contribution in [0.1, 0.15) is 34.3 Å². The molecule has 184 valence electrons. The summed E-state index contributed by atoms with van der Waals surface area (Å²) in [7, 11) is 3.96. The van der Waals surface area contributed by atoms with Gasteiger partial charge in [0.2, 0.25) is 11.8 Å². The van der Waals surface area contributed by atoms with Gasteiger partial charge in [-0.05, 0) is 36.2 Å². The van der Waals surface area contributed by atoms with E-state index in [1.807, 2.05) is 37.2 Å². The number of nitrogens with one attached hydrogen (secondary N) is 1. The Hall–Kier alpha value is -4.05. The number of piperidine rings is 1. The first-order valence-corrected chi connectivity index (χ1v) is 11.4. The summed E-state index contributed by atoms with van der Waals surface area (Å²) in [5.74, 6) is 5.63. The number of nitrogens with zero attached hydrogens (tertiary/aromatic N) is 3. The first-order chi connectivity index (χ1) is 16.7. The molecule has 0 aromatic heterocycles. The third-order valence-electron chi connectivity index (χ3n) is 6.06. The number of carbonyl (C=O) groups excluding carboxylic acids is 3. The van der Waals surface area contributed by atoms with E-state index in [1.54, 1.807) is 24.4 Å². The first-order valence-electron chi connectivity index (χ1n) is 11.4. The maximum Gasteiger partial charge on any atom is 0.255 e. The van der Waals surface area contributed by atoms with Crippen molar-refractivity contribution in [1.82, 2.24) is 15.2 Å². The van der Waals surface area contributed by atoms with Crippen molar-refractivity contribution in [3.05, 3.63) is 71.1 Å². The van der Waals surface area contributed by atoms with Gasteiger partial charge in [0, 0.05) is 43.5 Å². The number of fused-ring (bicyclic) bond motifs is 1. The topological polar surface area (TPSA) is 134 Å². The van der Waals surface area contributed by atoms with Crippen LogP contribution in [-0.4, -0.2) is 54.4 Å². The molecule has 2 heterocycles. The largest absolute Gasteiger partial charge is 0.487 e. The maximum atomic E-state index is 12.9. The monoisotopic (exact) mass is 478 g/mol. The standard InChI is InChI=1S/C25H30N6O4/c1-29(2)18-6-3-5-16(11-18)12-30(27)13-17(26)15-35-22-8-4-7-19-20(22)14-31(25(19)34)21-9-10-23(32)28-24(21)33/h3-8,11,13,21H,9-10,12,14-15,26-27H2,1-2H3,(H,28,32,33)/b17-13-. The van der Waals surface area contributed by atoms with E-state index in [4.69, 9.17) is 16.3 Å². The summed E-state index contributed by atoms with van der Waals surface area (Å²) in [4.78, 5) is 40.2. The number of amides is 3. The molecule has 2 aromatic carbocycles. The summed E-state index contributed by atoms with van der Waals surface area (Å²) in [6.45, 7) is 0.776. The van der Waals surface area contributed by atoms with Crippen LogP contribution in [-0.2, 0) is 22.7 Å². The highest BCUT2D eigenvalue weighted by Crippen LogP contribution is 2.33. The number of ether oxygens (including phenoxy) is 1. The van der Waals surface area contributed by atoms with Gasteiger partial charge in [0.05, 0.1) is 18.8 Å². The maximum absolute atomic E-state index is 12.9. The summed E-state index contributed by atoms with van der Waals surface area (Å²) in [5.41, 5.74) is 9.86. The molecule has 4 rings (SSSR count). The molecule has 1 unspecified atom stereocenters. The van der Waals surface area contributed by atoms with Gasteiger partial charge in [0.25, 0.3) is 5.91 Å². The molecule has 0 spiro atoms. The molecular formula is C25H30N6O4. The molecule has 1 fully saturated rings. The van der Waals surface area contributed by atoms with Crippen molar-refractivity contribution in [2.75, 3.05) is 25.6 Å². The van der Waals surface area contributed by atoms with Crippen LogP contribution in [0.4, 0.5) is 5.69 Å². The second-order valence-electron chi connectivity index (χ2n) is 8.91. The van der Waals surface area contributed by atoms with E-state index in [1.165, 1.54) is 9.91 Å². The van der Waals surface area contributed by atoms with E-state index in [-0.39, 0.29) is 31.4 Å². The number of hydrogen-bond acceptors (Lipinski definition) is 8. The smallest absolute Gasteiger partial charge is 0.255 e. The lowest BCUT2D eigenvalue weighted by Crippen LogP contribution is -2.52. The Kier molecular flexibility index (Phi) is 6.92. The normalized spacial score (nSPS) is 17.8. The van der Waals surface area contributed by atoms with Gasteiger partial charge in [-0.2, -0.15) is 0 Å². The second-order valence-corrected chi connectivity index (χ2v) is 8.91. The third-order valence-corrected chi connectivity index (χ3v) is 6.06. The van der Waals surface area contributed by atoms with Crippen molar-refractivity contribution in [2.45, 2.75) is 32.0 Å². The van der Waals surface area contributed by atoms with Crippen molar-refractivity contribution in [2.24, 2.45) is 11.6 Å². The van der Waals surface area contributed by atoms with Crippen LogP contribution in [0.2, 0.25) is 0 Å².